The zero-order valence-electron chi connectivity index (χ0n) is 7.00. The van der Waals surface area contributed by atoms with Gasteiger partial charge < -0.3 is 11.5 Å². The van der Waals surface area contributed by atoms with E-state index in [0.29, 0.717) is 5.56 Å². The lowest BCUT2D eigenvalue weighted by Crippen LogP contribution is -2.12. The molecule has 0 saturated carbocycles. The normalized spacial score (nSPS) is 12.1. The van der Waals surface area contributed by atoms with E-state index in [1.165, 1.54) is 12.1 Å². The van der Waals surface area contributed by atoms with E-state index >= 15 is 0 Å². The molecule has 0 aliphatic rings. The molecule has 0 bridgehead atoms. The van der Waals surface area contributed by atoms with Crippen LogP contribution in [0, 0.1) is 17.1 Å². The highest BCUT2D eigenvalue weighted by Gasteiger charge is 2.11. The first kappa shape index (κ1) is 9.49. The third-order valence-electron chi connectivity index (χ3n) is 1.80. The summed E-state index contributed by atoms with van der Waals surface area (Å²) in [5.74, 6) is -0.495. The smallest absolute Gasteiger partial charge is 0.146 e. The molecule has 0 heterocycles. The SMILES string of the molecule is N#CCC(N)c1cccc(F)c1N. The average Bonchev–Trinajstić information content (AvgIpc) is 2.10. The van der Waals surface area contributed by atoms with Gasteiger partial charge in [-0.25, -0.2) is 4.39 Å². The Morgan fingerprint density at radius 3 is 2.85 bits per heavy atom. The monoisotopic (exact) mass is 179 g/mol. The van der Waals surface area contributed by atoms with Crippen molar-refractivity contribution >= 4 is 5.69 Å². The van der Waals surface area contributed by atoms with Crippen molar-refractivity contribution in [2.75, 3.05) is 5.73 Å². The number of anilines is 1. The van der Waals surface area contributed by atoms with E-state index in [2.05, 4.69) is 0 Å². The van der Waals surface area contributed by atoms with Gasteiger partial charge in [-0.1, -0.05) is 12.1 Å². The molecule has 3 nitrogen and oxygen atoms in total. The standard InChI is InChI=1S/C9H10FN3/c10-7-3-1-2-6(9(7)13)8(12)4-5-11/h1-3,8H,4,12-13H2. The fourth-order valence-corrected chi connectivity index (χ4v) is 1.09. The summed E-state index contributed by atoms with van der Waals surface area (Å²) in [5.41, 5.74) is 11.6. The number of hydrogen-bond donors (Lipinski definition) is 2. The molecule has 0 spiro atoms. The van der Waals surface area contributed by atoms with Gasteiger partial charge in [-0.2, -0.15) is 5.26 Å². The van der Waals surface area contributed by atoms with Gasteiger partial charge in [0.05, 0.1) is 18.2 Å². The predicted molar refractivity (Wildman–Crippen MR) is 48.0 cm³/mol. The summed E-state index contributed by atoms with van der Waals surface area (Å²) in [6.07, 6.45) is 0.133. The molecule has 4 N–H and O–H groups in total. The van der Waals surface area contributed by atoms with Gasteiger partial charge in [-0.3, -0.25) is 0 Å². The Balaban J connectivity index is 3.02. The highest BCUT2D eigenvalue weighted by molar-refractivity contribution is 5.49. The van der Waals surface area contributed by atoms with Gasteiger partial charge in [0.1, 0.15) is 5.82 Å². The first-order valence-electron chi connectivity index (χ1n) is 3.83. The number of para-hydroxylation sites is 1. The maximum absolute atomic E-state index is 12.9. The summed E-state index contributed by atoms with van der Waals surface area (Å²) >= 11 is 0. The van der Waals surface area contributed by atoms with E-state index in [1.54, 1.807) is 6.07 Å². The molecular formula is C9H10FN3. The minimum absolute atomic E-state index is 0.0326. The van der Waals surface area contributed by atoms with Gasteiger partial charge in [-0.15, -0.1) is 0 Å². The predicted octanol–water partition coefficient (Wildman–Crippen LogP) is 1.32. The summed E-state index contributed by atoms with van der Waals surface area (Å²) in [7, 11) is 0. The van der Waals surface area contributed by atoms with Crippen LogP contribution < -0.4 is 11.5 Å². The number of hydrogen-bond acceptors (Lipinski definition) is 3. The van der Waals surface area contributed by atoms with Gasteiger partial charge in [0, 0.05) is 6.04 Å². The lowest BCUT2D eigenvalue weighted by atomic mass is 10.0. The minimum Gasteiger partial charge on any atom is -0.396 e. The first-order valence-corrected chi connectivity index (χ1v) is 3.83. The maximum atomic E-state index is 12.9. The molecule has 1 unspecified atom stereocenters. The van der Waals surface area contributed by atoms with Crippen LogP contribution in [0.4, 0.5) is 10.1 Å². The van der Waals surface area contributed by atoms with Crippen molar-refractivity contribution in [1.82, 2.24) is 0 Å². The molecule has 1 rings (SSSR count). The van der Waals surface area contributed by atoms with Crippen molar-refractivity contribution in [3.63, 3.8) is 0 Å². The van der Waals surface area contributed by atoms with Crippen LogP contribution in [0.2, 0.25) is 0 Å². The number of halogens is 1. The Labute approximate surface area is 75.8 Å². The fraction of sp³-hybridized carbons (Fsp3) is 0.222. The van der Waals surface area contributed by atoms with E-state index in [4.69, 9.17) is 16.7 Å². The number of nitrogens with two attached hydrogens (primary N) is 2. The molecule has 0 aliphatic heterocycles. The van der Waals surface area contributed by atoms with E-state index in [0.717, 1.165) is 0 Å². The van der Waals surface area contributed by atoms with Gasteiger partial charge in [0.25, 0.3) is 0 Å². The number of rotatable bonds is 2. The van der Waals surface area contributed by atoms with Crippen LogP contribution in [0.1, 0.15) is 18.0 Å². The third-order valence-corrected chi connectivity index (χ3v) is 1.80. The zero-order valence-corrected chi connectivity index (χ0v) is 7.00. The van der Waals surface area contributed by atoms with E-state index in [9.17, 15) is 4.39 Å². The Bertz CT molecular complexity index is 343. The van der Waals surface area contributed by atoms with Crippen LogP contribution in [-0.4, -0.2) is 0 Å². The van der Waals surface area contributed by atoms with Crippen LogP contribution >= 0.6 is 0 Å². The number of benzene rings is 1. The van der Waals surface area contributed by atoms with E-state index < -0.39 is 11.9 Å². The Kier molecular flexibility index (Phi) is 2.83. The topological polar surface area (TPSA) is 75.8 Å². The van der Waals surface area contributed by atoms with Gasteiger partial charge in [-0.05, 0) is 11.6 Å². The zero-order chi connectivity index (χ0) is 9.84. The van der Waals surface area contributed by atoms with Crippen LogP contribution in [0.25, 0.3) is 0 Å². The Morgan fingerprint density at radius 1 is 1.54 bits per heavy atom. The van der Waals surface area contributed by atoms with Gasteiger partial charge in [0.15, 0.2) is 0 Å². The molecule has 68 valence electrons. The van der Waals surface area contributed by atoms with Crippen molar-refractivity contribution in [3.05, 3.63) is 29.6 Å². The van der Waals surface area contributed by atoms with Crippen molar-refractivity contribution in [2.45, 2.75) is 12.5 Å². The molecule has 13 heavy (non-hydrogen) atoms. The van der Waals surface area contributed by atoms with Gasteiger partial charge >= 0.3 is 0 Å². The summed E-state index contributed by atoms with van der Waals surface area (Å²) < 4.78 is 12.9. The molecule has 1 atom stereocenters. The van der Waals surface area contributed by atoms with Crippen LogP contribution in [0.5, 0.6) is 0 Å². The molecule has 1 aromatic carbocycles. The van der Waals surface area contributed by atoms with Crippen molar-refractivity contribution in [3.8, 4) is 6.07 Å². The molecule has 0 aliphatic carbocycles. The second kappa shape index (κ2) is 3.87. The Hall–Kier alpha value is -1.60. The molecule has 0 fully saturated rings. The molecule has 0 amide bonds. The minimum atomic E-state index is -0.513. The highest BCUT2D eigenvalue weighted by atomic mass is 19.1. The van der Waals surface area contributed by atoms with Crippen molar-refractivity contribution in [2.24, 2.45) is 5.73 Å². The van der Waals surface area contributed by atoms with Crippen molar-refractivity contribution < 1.29 is 4.39 Å². The lowest BCUT2D eigenvalue weighted by molar-refractivity contribution is 0.626. The van der Waals surface area contributed by atoms with Gasteiger partial charge in [0.2, 0.25) is 0 Å². The number of nitriles is 1. The van der Waals surface area contributed by atoms with Crippen LogP contribution in [0.3, 0.4) is 0 Å². The number of nitrogen functional groups attached to an aromatic ring is 1. The van der Waals surface area contributed by atoms with E-state index in [1.807, 2.05) is 6.07 Å². The van der Waals surface area contributed by atoms with Crippen molar-refractivity contribution in [1.29, 1.82) is 5.26 Å². The highest BCUT2D eigenvalue weighted by Crippen LogP contribution is 2.22. The molecule has 0 radical (unpaired) electrons. The summed E-state index contributed by atoms with van der Waals surface area (Å²) in [5, 5.41) is 8.39. The summed E-state index contributed by atoms with van der Waals surface area (Å²) in [6.45, 7) is 0. The van der Waals surface area contributed by atoms with E-state index in [-0.39, 0.29) is 12.1 Å². The molecular weight excluding hydrogens is 169 g/mol. The quantitative estimate of drug-likeness (QED) is 0.672. The average molecular weight is 179 g/mol. The summed E-state index contributed by atoms with van der Waals surface area (Å²) in [4.78, 5) is 0. The maximum Gasteiger partial charge on any atom is 0.146 e. The van der Waals surface area contributed by atoms with Crippen LogP contribution in [0.15, 0.2) is 18.2 Å². The number of nitrogens with zero attached hydrogens (tertiary/aromatic N) is 1. The lowest BCUT2D eigenvalue weighted by Gasteiger charge is -2.10. The molecule has 1 aromatic rings. The Morgan fingerprint density at radius 2 is 2.23 bits per heavy atom. The molecule has 0 aromatic heterocycles. The molecule has 4 heteroatoms. The largest absolute Gasteiger partial charge is 0.396 e. The van der Waals surface area contributed by atoms with Crippen LogP contribution in [-0.2, 0) is 0 Å². The second-order valence-corrected chi connectivity index (χ2v) is 2.71. The summed E-state index contributed by atoms with van der Waals surface area (Å²) in [6, 6.07) is 5.81. The second-order valence-electron chi connectivity index (χ2n) is 2.71. The third kappa shape index (κ3) is 1.95. The fourth-order valence-electron chi connectivity index (χ4n) is 1.09. The first-order chi connectivity index (χ1) is 6.16. The molecule has 0 saturated heterocycles.